The topological polar surface area (TPSA) is 70.6 Å². The van der Waals surface area contributed by atoms with Crippen molar-refractivity contribution in [2.75, 3.05) is 18.0 Å². The van der Waals surface area contributed by atoms with Crippen LogP contribution in [0.1, 0.15) is 23.7 Å². The molecule has 2 aromatic rings. The van der Waals surface area contributed by atoms with Gasteiger partial charge in [0.25, 0.3) is 0 Å². The fraction of sp³-hybridized carbons (Fsp3) is 0.385. The van der Waals surface area contributed by atoms with Gasteiger partial charge in [-0.15, -0.1) is 5.10 Å². The molecule has 1 atom stereocenters. The van der Waals surface area contributed by atoms with E-state index in [1.807, 2.05) is 23.7 Å². The molecule has 3 heterocycles. The first-order valence-corrected chi connectivity index (χ1v) is 6.26. The molecule has 6 heteroatoms. The minimum atomic E-state index is 0.296. The van der Waals surface area contributed by atoms with Gasteiger partial charge in [-0.3, -0.25) is 4.68 Å². The van der Waals surface area contributed by atoms with Crippen molar-refractivity contribution in [1.82, 2.24) is 20.0 Å². The molecule has 0 amide bonds. The predicted molar refractivity (Wildman–Crippen MR) is 69.6 cm³/mol. The lowest BCUT2D eigenvalue weighted by atomic mass is 10.3. The highest BCUT2D eigenvalue weighted by Crippen LogP contribution is 2.24. The van der Waals surface area contributed by atoms with Crippen LogP contribution in [0.2, 0.25) is 0 Å². The van der Waals surface area contributed by atoms with Crippen LogP contribution in [0.4, 0.5) is 5.82 Å². The Bertz CT molecular complexity index is 609. The fourth-order valence-electron chi connectivity index (χ4n) is 2.32. The highest BCUT2D eigenvalue weighted by molar-refractivity contribution is 5.38. The van der Waals surface area contributed by atoms with E-state index in [2.05, 4.69) is 26.3 Å². The Hall–Kier alpha value is -2.42. The van der Waals surface area contributed by atoms with Gasteiger partial charge >= 0.3 is 0 Å². The third kappa shape index (κ3) is 2.27. The van der Waals surface area contributed by atoms with Gasteiger partial charge in [0.1, 0.15) is 6.07 Å². The summed E-state index contributed by atoms with van der Waals surface area (Å²) in [6.07, 6.45) is 4.41. The Morgan fingerprint density at radius 3 is 2.95 bits per heavy atom. The lowest BCUT2D eigenvalue weighted by Gasteiger charge is -2.16. The van der Waals surface area contributed by atoms with Crippen LogP contribution in [-0.4, -0.2) is 33.1 Å². The monoisotopic (exact) mass is 254 g/mol. The summed E-state index contributed by atoms with van der Waals surface area (Å²) in [6.45, 7) is 3.71. The zero-order valence-corrected chi connectivity index (χ0v) is 10.7. The summed E-state index contributed by atoms with van der Waals surface area (Å²) in [6, 6.07) is 6.36. The summed E-state index contributed by atoms with van der Waals surface area (Å²) < 4.78 is 1.88. The summed E-state index contributed by atoms with van der Waals surface area (Å²) in [5, 5.41) is 21.3. The average Bonchev–Trinajstić information content (AvgIpc) is 3.08. The van der Waals surface area contributed by atoms with E-state index >= 15 is 0 Å². The first-order valence-electron chi connectivity index (χ1n) is 6.26. The van der Waals surface area contributed by atoms with Gasteiger partial charge in [-0.05, 0) is 25.5 Å². The lowest BCUT2D eigenvalue weighted by molar-refractivity contribution is 0.494. The maximum atomic E-state index is 8.82. The SMILES string of the molecule is Cc1ccc(N2CCC(n3cc(C#N)cn3)C2)nn1. The van der Waals surface area contributed by atoms with Crippen molar-refractivity contribution in [3.63, 3.8) is 0 Å². The van der Waals surface area contributed by atoms with Crippen molar-refractivity contribution in [2.24, 2.45) is 0 Å². The van der Waals surface area contributed by atoms with Gasteiger partial charge in [-0.1, -0.05) is 0 Å². The summed E-state index contributed by atoms with van der Waals surface area (Å²) in [7, 11) is 0. The largest absolute Gasteiger partial charge is 0.353 e. The Kier molecular flexibility index (Phi) is 2.88. The molecule has 1 fully saturated rings. The normalized spacial score (nSPS) is 18.5. The van der Waals surface area contributed by atoms with E-state index in [9.17, 15) is 0 Å². The standard InChI is InChI=1S/C13H14N6/c1-10-2-3-13(17-16-10)18-5-4-12(9-18)19-8-11(6-14)7-15-19/h2-3,7-8,12H,4-5,9H2,1H3. The van der Waals surface area contributed by atoms with Gasteiger partial charge in [0.05, 0.1) is 23.5 Å². The van der Waals surface area contributed by atoms with Gasteiger partial charge in [-0.25, -0.2) is 0 Å². The molecule has 3 rings (SSSR count). The van der Waals surface area contributed by atoms with E-state index in [0.29, 0.717) is 11.6 Å². The quantitative estimate of drug-likeness (QED) is 0.808. The summed E-state index contributed by atoms with van der Waals surface area (Å²) in [5.41, 5.74) is 1.53. The molecule has 1 unspecified atom stereocenters. The number of hydrogen-bond donors (Lipinski definition) is 0. The lowest BCUT2D eigenvalue weighted by Crippen LogP contribution is -2.22. The zero-order valence-electron chi connectivity index (χ0n) is 10.7. The molecule has 0 aromatic carbocycles. The molecule has 0 aliphatic carbocycles. The molecule has 0 bridgehead atoms. The van der Waals surface area contributed by atoms with E-state index in [-0.39, 0.29) is 0 Å². The van der Waals surface area contributed by atoms with E-state index in [4.69, 9.17) is 5.26 Å². The van der Waals surface area contributed by atoms with Crippen LogP contribution in [0.25, 0.3) is 0 Å². The van der Waals surface area contributed by atoms with E-state index in [1.165, 1.54) is 0 Å². The van der Waals surface area contributed by atoms with Crippen LogP contribution in [0, 0.1) is 18.3 Å². The van der Waals surface area contributed by atoms with Gasteiger partial charge < -0.3 is 4.90 Å². The third-order valence-electron chi connectivity index (χ3n) is 3.38. The number of aryl methyl sites for hydroxylation is 1. The zero-order chi connectivity index (χ0) is 13.2. The van der Waals surface area contributed by atoms with E-state index in [1.54, 1.807) is 12.4 Å². The number of aromatic nitrogens is 4. The third-order valence-corrected chi connectivity index (χ3v) is 3.38. The fourth-order valence-corrected chi connectivity index (χ4v) is 2.32. The van der Waals surface area contributed by atoms with Crippen LogP contribution in [-0.2, 0) is 0 Å². The number of anilines is 1. The van der Waals surface area contributed by atoms with Crippen LogP contribution in [0.5, 0.6) is 0 Å². The minimum absolute atomic E-state index is 0.296. The smallest absolute Gasteiger partial charge is 0.151 e. The van der Waals surface area contributed by atoms with Crippen LogP contribution in [0.3, 0.4) is 0 Å². The molecule has 1 aliphatic heterocycles. The second-order valence-electron chi connectivity index (χ2n) is 4.74. The van der Waals surface area contributed by atoms with Crippen molar-refractivity contribution in [2.45, 2.75) is 19.4 Å². The van der Waals surface area contributed by atoms with Crippen molar-refractivity contribution in [1.29, 1.82) is 5.26 Å². The molecular weight excluding hydrogens is 240 g/mol. The molecule has 1 aliphatic rings. The molecule has 1 saturated heterocycles. The maximum Gasteiger partial charge on any atom is 0.151 e. The Morgan fingerprint density at radius 1 is 1.37 bits per heavy atom. The van der Waals surface area contributed by atoms with E-state index < -0.39 is 0 Å². The molecule has 0 radical (unpaired) electrons. The van der Waals surface area contributed by atoms with Gasteiger partial charge in [0.15, 0.2) is 5.82 Å². The van der Waals surface area contributed by atoms with Gasteiger partial charge in [0.2, 0.25) is 0 Å². The minimum Gasteiger partial charge on any atom is -0.353 e. The molecule has 0 saturated carbocycles. The number of rotatable bonds is 2. The molecule has 6 nitrogen and oxygen atoms in total. The maximum absolute atomic E-state index is 8.82. The van der Waals surface area contributed by atoms with Crippen molar-refractivity contribution >= 4 is 5.82 Å². The second-order valence-corrected chi connectivity index (χ2v) is 4.74. The Balaban J connectivity index is 1.73. The summed E-state index contributed by atoms with van der Waals surface area (Å²) >= 11 is 0. The van der Waals surface area contributed by atoms with Gasteiger partial charge in [-0.2, -0.15) is 15.5 Å². The molecule has 2 aromatic heterocycles. The summed E-state index contributed by atoms with van der Waals surface area (Å²) in [4.78, 5) is 2.20. The number of hydrogen-bond acceptors (Lipinski definition) is 5. The highest BCUT2D eigenvalue weighted by atomic mass is 15.3. The van der Waals surface area contributed by atoms with Crippen LogP contribution in [0.15, 0.2) is 24.5 Å². The molecule has 0 N–H and O–H groups in total. The predicted octanol–water partition coefficient (Wildman–Crippen LogP) is 1.30. The number of nitrogens with zero attached hydrogens (tertiary/aromatic N) is 6. The summed E-state index contributed by atoms with van der Waals surface area (Å²) in [5.74, 6) is 0.903. The van der Waals surface area contributed by atoms with Gasteiger partial charge in [0, 0.05) is 19.3 Å². The molecule has 96 valence electrons. The first-order chi connectivity index (χ1) is 9.26. The first kappa shape index (κ1) is 11.7. The molecular formula is C13H14N6. The average molecular weight is 254 g/mol. The van der Waals surface area contributed by atoms with Crippen LogP contribution < -0.4 is 4.90 Å². The Morgan fingerprint density at radius 2 is 2.26 bits per heavy atom. The second kappa shape index (κ2) is 4.69. The van der Waals surface area contributed by atoms with Crippen molar-refractivity contribution in [3.8, 4) is 6.07 Å². The van der Waals surface area contributed by atoms with Crippen molar-refractivity contribution in [3.05, 3.63) is 35.8 Å². The van der Waals surface area contributed by atoms with Crippen LogP contribution >= 0.6 is 0 Å². The molecule has 0 spiro atoms. The Labute approximate surface area is 111 Å². The highest BCUT2D eigenvalue weighted by Gasteiger charge is 2.25. The molecule has 19 heavy (non-hydrogen) atoms. The van der Waals surface area contributed by atoms with E-state index in [0.717, 1.165) is 31.0 Å². The van der Waals surface area contributed by atoms with Crippen molar-refractivity contribution < 1.29 is 0 Å². The number of nitriles is 1.